The van der Waals surface area contributed by atoms with Crippen LogP contribution in [0.15, 0.2) is 0 Å². The van der Waals surface area contributed by atoms with Gasteiger partial charge in [0.15, 0.2) is 0 Å². The average molecular weight is 427 g/mol. The molecule has 0 bridgehead atoms. The maximum Gasteiger partial charge on any atom is 0.0541 e. The monoisotopic (exact) mass is 426 g/mol. The van der Waals surface area contributed by atoms with Crippen LogP contribution >= 0.6 is 0 Å². The van der Waals surface area contributed by atoms with Gasteiger partial charge in [-0.15, -0.1) is 0 Å². The van der Waals surface area contributed by atoms with E-state index in [2.05, 4.69) is 13.8 Å². The van der Waals surface area contributed by atoms with Gasteiger partial charge in [0.1, 0.15) is 0 Å². The Morgan fingerprint density at radius 3 is 0.933 bits per heavy atom. The second-order valence-corrected chi connectivity index (χ2v) is 9.83. The number of hydrogen-bond donors (Lipinski definition) is 2. The fraction of sp³-hybridized carbons (Fsp3) is 1.00. The summed E-state index contributed by atoms with van der Waals surface area (Å²) in [6.45, 7) is 4.44. The largest absolute Gasteiger partial charge is 0.393 e. The van der Waals surface area contributed by atoms with Crippen LogP contribution in [0.3, 0.4) is 0 Å². The third-order valence-corrected chi connectivity index (χ3v) is 6.61. The Bertz CT molecular complexity index is 305. The summed E-state index contributed by atoms with van der Waals surface area (Å²) >= 11 is 0. The van der Waals surface area contributed by atoms with Crippen LogP contribution < -0.4 is 0 Å². The lowest BCUT2D eigenvalue weighted by atomic mass is 10.0. The van der Waals surface area contributed by atoms with Crippen molar-refractivity contribution in [2.45, 2.75) is 180 Å². The molecular formula is C28H58O2. The minimum atomic E-state index is -0.208. The van der Waals surface area contributed by atoms with Crippen LogP contribution in [0.4, 0.5) is 0 Å². The van der Waals surface area contributed by atoms with Crippen LogP contribution in [0.25, 0.3) is 0 Å². The molecule has 0 heterocycles. The van der Waals surface area contributed by atoms with E-state index in [-0.39, 0.29) is 12.2 Å². The number of hydrogen-bond acceptors (Lipinski definition) is 2. The number of aliphatic hydroxyl groups is 2. The molecule has 0 aromatic heterocycles. The Morgan fingerprint density at radius 2 is 0.600 bits per heavy atom. The van der Waals surface area contributed by atoms with E-state index in [0.29, 0.717) is 0 Å². The van der Waals surface area contributed by atoms with E-state index >= 15 is 0 Å². The summed E-state index contributed by atoms with van der Waals surface area (Å²) in [7, 11) is 0. The molecule has 0 aliphatic rings. The van der Waals surface area contributed by atoms with Gasteiger partial charge in [-0.25, -0.2) is 0 Å². The molecule has 2 N–H and O–H groups in total. The lowest BCUT2D eigenvalue weighted by Gasteiger charge is -2.14. The highest BCUT2D eigenvalue weighted by Gasteiger charge is 2.08. The molecule has 0 aliphatic carbocycles. The summed E-state index contributed by atoms with van der Waals surface area (Å²) < 4.78 is 0. The maximum absolute atomic E-state index is 10.0. The molecule has 0 saturated heterocycles. The van der Waals surface area contributed by atoms with E-state index in [4.69, 9.17) is 0 Å². The smallest absolute Gasteiger partial charge is 0.0541 e. The molecule has 0 amide bonds. The average Bonchev–Trinajstić information content (AvgIpc) is 2.75. The summed E-state index contributed by atoms with van der Waals surface area (Å²) in [6.07, 6.45) is 30.3. The summed E-state index contributed by atoms with van der Waals surface area (Å²) in [4.78, 5) is 0. The zero-order chi connectivity index (χ0) is 22.1. The van der Waals surface area contributed by atoms with E-state index in [0.717, 1.165) is 44.9 Å². The molecule has 0 fully saturated rings. The first-order chi connectivity index (χ1) is 14.7. The van der Waals surface area contributed by atoms with Crippen LogP contribution in [0.2, 0.25) is 0 Å². The fourth-order valence-electron chi connectivity index (χ4n) is 4.39. The molecule has 182 valence electrons. The van der Waals surface area contributed by atoms with Crippen molar-refractivity contribution in [3.05, 3.63) is 0 Å². The highest BCUT2D eigenvalue weighted by atomic mass is 16.3. The molecule has 0 aliphatic heterocycles. The summed E-state index contributed by atoms with van der Waals surface area (Å²) in [6, 6.07) is 0. The van der Waals surface area contributed by atoms with Crippen molar-refractivity contribution in [2.24, 2.45) is 0 Å². The topological polar surface area (TPSA) is 40.5 Å². The van der Waals surface area contributed by atoms with Gasteiger partial charge in [0, 0.05) is 0 Å². The summed E-state index contributed by atoms with van der Waals surface area (Å²) in [5.41, 5.74) is 0. The molecule has 0 spiro atoms. The van der Waals surface area contributed by atoms with Crippen molar-refractivity contribution in [3.63, 3.8) is 0 Å². The second-order valence-electron chi connectivity index (χ2n) is 9.83. The first-order valence-electron chi connectivity index (χ1n) is 14.1. The molecule has 0 radical (unpaired) electrons. The van der Waals surface area contributed by atoms with Crippen molar-refractivity contribution in [1.29, 1.82) is 0 Å². The summed E-state index contributed by atoms with van der Waals surface area (Å²) in [5.74, 6) is 0. The third kappa shape index (κ3) is 24.2. The first-order valence-corrected chi connectivity index (χ1v) is 14.1. The van der Waals surface area contributed by atoms with Gasteiger partial charge in [-0.05, 0) is 25.7 Å². The molecule has 0 rings (SSSR count). The normalized spacial score (nSPS) is 13.6. The van der Waals surface area contributed by atoms with Gasteiger partial charge in [-0.1, -0.05) is 142 Å². The van der Waals surface area contributed by atoms with E-state index in [9.17, 15) is 10.2 Å². The molecular weight excluding hydrogens is 368 g/mol. The lowest BCUT2D eigenvalue weighted by Crippen LogP contribution is -2.13. The van der Waals surface area contributed by atoms with E-state index < -0.39 is 0 Å². The fourth-order valence-corrected chi connectivity index (χ4v) is 4.39. The van der Waals surface area contributed by atoms with Crippen LogP contribution in [-0.4, -0.2) is 22.4 Å². The summed E-state index contributed by atoms with van der Waals surface area (Å²) in [5, 5.41) is 19.9. The Kier molecular flexibility index (Phi) is 25.1. The van der Waals surface area contributed by atoms with Gasteiger partial charge in [0.05, 0.1) is 12.2 Å². The standard InChI is InChI=1S/C28H58O2/c1-3-5-7-8-9-10-11-12-13-14-15-16-17-18-19-20-21-22-24-28(30)26-25-27(29)23-6-4-2/h27-30H,3-26H2,1-2H3. The van der Waals surface area contributed by atoms with Gasteiger partial charge in [-0.2, -0.15) is 0 Å². The quantitative estimate of drug-likeness (QED) is 0.143. The molecule has 30 heavy (non-hydrogen) atoms. The predicted molar refractivity (Wildman–Crippen MR) is 134 cm³/mol. The van der Waals surface area contributed by atoms with Crippen molar-refractivity contribution in [3.8, 4) is 0 Å². The molecule has 2 heteroatoms. The van der Waals surface area contributed by atoms with Gasteiger partial charge in [0.2, 0.25) is 0 Å². The lowest BCUT2D eigenvalue weighted by molar-refractivity contribution is 0.101. The van der Waals surface area contributed by atoms with Gasteiger partial charge in [0.25, 0.3) is 0 Å². The zero-order valence-corrected chi connectivity index (χ0v) is 21.0. The number of aliphatic hydroxyl groups excluding tert-OH is 2. The number of rotatable bonds is 25. The minimum absolute atomic E-state index is 0.206. The predicted octanol–water partition coefficient (Wildman–Crippen LogP) is 9.11. The van der Waals surface area contributed by atoms with Gasteiger partial charge in [-0.3, -0.25) is 0 Å². The van der Waals surface area contributed by atoms with Crippen LogP contribution in [0, 0.1) is 0 Å². The van der Waals surface area contributed by atoms with Crippen LogP contribution in [-0.2, 0) is 0 Å². The van der Waals surface area contributed by atoms with E-state index in [1.165, 1.54) is 109 Å². The highest BCUT2D eigenvalue weighted by molar-refractivity contribution is 4.62. The van der Waals surface area contributed by atoms with Crippen molar-refractivity contribution < 1.29 is 10.2 Å². The SMILES string of the molecule is CCCCCCCCCCCCCCCCCCCCC(O)CCC(O)CCCC. The maximum atomic E-state index is 10.0. The van der Waals surface area contributed by atoms with Crippen molar-refractivity contribution >= 4 is 0 Å². The highest BCUT2D eigenvalue weighted by Crippen LogP contribution is 2.16. The van der Waals surface area contributed by atoms with Crippen molar-refractivity contribution in [1.82, 2.24) is 0 Å². The molecule has 0 saturated carbocycles. The molecule has 2 atom stereocenters. The Morgan fingerprint density at radius 1 is 0.333 bits per heavy atom. The second kappa shape index (κ2) is 25.2. The molecule has 0 aromatic rings. The van der Waals surface area contributed by atoms with Gasteiger partial charge >= 0.3 is 0 Å². The van der Waals surface area contributed by atoms with Crippen LogP contribution in [0.5, 0.6) is 0 Å². The van der Waals surface area contributed by atoms with E-state index in [1.54, 1.807) is 0 Å². The molecule has 0 aromatic carbocycles. The van der Waals surface area contributed by atoms with Crippen molar-refractivity contribution in [2.75, 3.05) is 0 Å². The molecule has 2 unspecified atom stereocenters. The Labute approximate surface area is 190 Å². The van der Waals surface area contributed by atoms with Crippen LogP contribution in [0.1, 0.15) is 168 Å². The van der Waals surface area contributed by atoms with E-state index in [1.807, 2.05) is 0 Å². The number of unbranched alkanes of at least 4 members (excludes halogenated alkanes) is 18. The van der Waals surface area contributed by atoms with Gasteiger partial charge < -0.3 is 10.2 Å². The Hall–Kier alpha value is -0.0800. The Balaban J connectivity index is 3.15. The third-order valence-electron chi connectivity index (χ3n) is 6.61. The first kappa shape index (κ1) is 29.9. The zero-order valence-electron chi connectivity index (χ0n) is 21.0. The minimum Gasteiger partial charge on any atom is -0.393 e. The molecule has 2 nitrogen and oxygen atoms in total.